The highest BCUT2D eigenvalue weighted by molar-refractivity contribution is 7.99. The summed E-state index contributed by atoms with van der Waals surface area (Å²) in [6.45, 7) is 11.1. The van der Waals surface area contributed by atoms with Crippen LogP contribution in [-0.4, -0.2) is 56.4 Å². The number of carbonyl (C=O) groups is 1. The quantitative estimate of drug-likeness (QED) is 0.680. The maximum Gasteiger partial charge on any atom is 0.233 e. The average Bonchev–Trinajstić information content (AvgIpc) is 2.82. The molecule has 0 fully saturated rings. The van der Waals surface area contributed by atoms with Crippen molar-refractivity contribution in [2.24, 2.45) is 17.6 Å². The minimum atomic E-state index is 0.129. The van der Waals surface area contributed by atoms with E-state index >= 15 is 0 Å². The van der Waals surface area contributed by atoms with Gasteiger partial charge < -0.3 is 10.6 Å². The van der Waals surface area contributed by atoms with Gasteiger partial charge in [0.1, 0.15) is 0 Å². The smallest absolute Gasteiger partial charge is 0.233 e. The van der Waals surface area contributed by atoms with E-state index < -0.39 is 0 Å². The van der Waals surface area contributed by atoms with Gasteiger partial charge in [-0.1, -0.05) is 39.5 Å². The first-order valence-corrected chi connectivity index (χ1v) is 8.29. The van der Waals surface area contributed by atoms with Crippen molar-refractivity contribution in [2.75, 3.05) is 25.4 Å². The summed E-state index contributed by atoms with van der Waals surface area (Å²) in [5, 5.41) is 12.0. The van der Waals surface area contributed by atoms with Crippen LogP contribution >= 0.6 is 11.8 Å². The molecular formula is C13H26N6OS. The van der Waals surface area contributed by atoms with Crippen LogP contribution in [0.5, 0.6) is 0 Å². The Hall–Kier alpha value is -1.15. The van der Waals surface area contributed by atoms with Gasteiger partial charge >= 0.3 is 0 Å². The van der Waals surface area contributed by atoms with Gasteiger partial charge in [-0.05, 0) is 22.3 Å². The summed E-state index contributed by atoms with van der Waals surface area (Å²) in [4.78, 5) is 14.3. The van der Waals surface area contributed by atoms with Crippen molar-refractivity contribution in [1.82, 2.24) is 25.1 Å². The highest BCUT2D eigenvalue weighted by Crippen LogP contribution is 2.15. The van der Waals surface area contributed by atoms with Crippen molar-refractivity contribution in [3.63, 3.8) is 0 Å². The predicted octanol–water partition coefficient (Wildman–Crippen LogP) is 0.865. The number of hydrogen-bond donors (Lipinski definition) is 1. The molecule has 120 valence electrons. The number of tetrazole rings is 1. The molecule has 7 nitrogen and oxygen atoms in total. The van der Waals surface area contributed by atoms with Crippen LogP contribution in [0.1, 0.15) is 27.7 Å². The zero-order chi connectivity index (χ0) is 15.8. The number of aromatic nitrogens is 4. The molecule has 0 aromatic carbocycles. The van der Waals surface area contributed by atoms with Crippen molar-refractivity contribution in [3.05, 3.63) is 0 Å². The van der Waals surface area contributed by atoms with E-state index in [-0.39, 0.29) is 5.91 Å². The lowest BCUT2D eigenvalue weighted by Gasteiger charge is -2.26. The number of nitrogens with two attached hydrogens (primary N) is 1. The molecule has 0 spiro atoms. The molecular weight excluding hydrogens is 288 g/mol. The van der Waals surface area contributed by atoms with E-state index in [0.29, 0.717) is 35.8 Å². The van der Waals surface area contributed by atoms with Gasteiger partial charge in [0.25, 0.3) is 0 Å². The molecule has 1 rings (SSSR count). The fourth-order valence-corrected chi connectivity index (χ4v) is 2.75. The first-order chi connectivity index (χ1) is 9.93. The highest BCUT2D eigenvalue weighted by Gasteiger charge is 2.18. The minimum absolute atomic E-state index is 0.129. The van der Waals surface area contributed by atoms with Gasteiger partial charge in [-0.2, -0.15) is 0 Å². The Bertz CT molecular complexity index is 424. The van der Waals surface area contributed by atoms with E-state index in [9.17, 15) is 4.79 Å². The molecule has 2 N–H and O–H groups in total. The molecule has 0 aliphatic rings. The zero-order valence-electron chi connectivity index (χ0n) is 13.3. The summed E-state index contributed by atoms with van der Waals surface area (Å²) in [5.41, 5.74) is 5.50. The number of carbonyl (C=O) groups excluding carboxylic acids is 1. The fourth-order valence-electron chi connectivity index (χ4n) is 1.94. The lowest BCUT2D eigenvalue weighted by molar-refractivity contribution is -0.129. The second-order valence-corrected chi connectivity index (χ2v) is 6.79. The molecule has 1 aromatic rings. The molecule has 0 bridgehead atoms. The molecule has 0 atom stereocenters. The van der Waals surface area contributed by atoms with Crippen molar-refractivity contribution >= 4 is 17.7 Å². The van der Waals surface area contributed by atoms with E-state index in [0.717, 1.165) is 13.1 Å². The summed E-state index contributed by atoms with van der Waals surface area (Å²) in [5.74, 6) is 1.40. The van der Waals surface area contributed by atoms with Crippen LogP contribution in [0.3, 0.4) is 0 Å². The number of rotatable bonds is 9. The van der Waals surface area contributed by atoms with Crippen molar-refractivity contribution in [1.29, 1.82) is 0 Å². The van der Waals surface area contributed by atoms with Crippen LogP contribution in [0.15, 0.2) is 5.16 Å². The summed E-state index contributed by atoms with van der Waals surface area (Å²) < 4.78 is 1.63. The van der Waals surface area contributed by atoms with Crippen molar-refractivity contribution in [3.8, 4) is 0 Å². The Morgan fingerprint density at radius 2 is 1.90 bits per heavy atom. The van der Waals surface area contributed by atoms with E-state index in [2.05, 4.69) is 43.2 Å². The van der Waals surface area contributed by atoms with Gasteiger partial charge in [-0.15, -0.1) is 5.10 Å². The van der Waals surface area contributed by atoms with Crippen molar-refractivity contribution in [2.45, 2.75) is 39.4 Å². The van der Waals surface area contributed by atoms with Crippen LogP contribution in [0, 0.1) is 11.8 Å². The summed E-state index contributed by atoms with van der Waals surface area (Å²) in [7, 11) is 0. The molecule has 0 radical (unpaired) electrons. The second kappa shape index (κ2) is 8.99. The molecule has 1 aromatic heterocycles. The normalized spacial score (nSPS) is 11.4. The lowest BCUT2D eigenvalue weighted by Crippen LogP contribution is -2.38. The number of nitrogens with zero attached hydrogens (tertiary/aromatic N) is 5. The van der Waals surface area contributed by atoms with E-state index in [1.54, 1.807) is 4.68 Å². The number of amides is 1. The van der Waals surface area contributed by atoms with Crippen LogP contribution in [0.4, 0.5) is 0 Å². The third kappa shape index (κ3) is 6.43. The Kier molecular flexibility index (Phi) is 7.66. The van der Waals surface area contributed by atoms with Gasteiger partial charge in [0, 0.05) is 19.6 Å². The molecule has 1 heterocycles. The van der Waals surface area contributed by atoms with E-state index in [4.69, 9.17) is 5.73 Å². The lowest BCUT2D eigenvalue weighted by atomic mass is 10.1. The largest absolute Gasteiger partial charge is 0.341 e. The molecule has 21 heavy (non-hydrogen) atoms. The van der Waals surface area contributed by atoms with Gasteiger partial charge in [0.05, 0.1) is 12.3 Å². The van der Waals surface area contributed by atoms with Crippen LogP contribution in [-0.2, 0) is 11.3 Å². The first-order valence-electron chi connectivity index (χ1n) is 7.30. The summed E-state index contributed by atoms with van der Waals surface area (Å²) >= 11 is 1.36. The Morgan fingerprint density at radius 3 is 2.43 bits per heavy atom. The molecule has 0 saturated carbocycles. The third-order valence-electron chi connectivity index (χ3n) is 2.69. The van der Waals surface area contributed by atoms with Gasteiger partial charge in [0.2, 0.25) is 11.1 Å². The molecule has 8 heteroatoms. The van der Waals surface area contributed by atoms with Gasteiger partial charge in [0.15, 0.2) is 0 Å². The Morgan fingerprint density at radius 1 is 1.29 bits per heavy atom. The standard InChI is InChI=1S/C13H26N6OS/c1-10(2)7-18(8-11(3)4)12(20)9-21-13-15-16-17-19(13)6-5-14/h10-11H,5-9,14H2,1-4H3. The number of thioether (sulfide) groups is 1. The van der Waals surface area contributed by atoms with E-state index in [1.807, 2.05) is 4.90 Å². The third-order valence-corrected chi connectivity index (χ3v) is 3.63. The average molecular weight is 314 g/mol. The minimum Gasteiger partial charge on any atom is -0.341 e. The number of hydrogen-bond acceptors (Lipinski definition) is 6. The Labute approximate surface area is 130 Å². The maximum absolute atomic E-state index is 12.4. The molecule has 0 aliphatic carbocycles. The zero-order valence-corrected chi connectivity index (χ0v) is 14.1. The summed E-state index contributed by atoms with van der Waals surface area (Å²) in [6, 6.07) is 0. The van der Waals surface area contributed by atoms with Gasteiger partial charge in [-0.25, -0.2) is 4.68 Å². The maximum atomic E-state index is 12.4. The second-order valence-electron chi connectivity index (χ2n) is 5.85. The predicted molar refractivity (Wildman–Crippen MR) is 83.9 cm³/mol. The highest BCUT2D eigenvalue weighted by atomic mass is 32.2. The molecule has 0 unspecified atom stereocenters. The Balaban J connectivity index is 2.57. The summed E-state index contributed by atoms with van der Waals surface area (Å²) in [6.07, 6.45) is 0. The topological polar surface area (TPSA) is 89.9 Å². The van der Waals surface area contributed by atoms with Crippen molar-refractivity contribution < 1.29 is 4.79 Å². The monoisotopic (exact) mass is 314 g/mol. The molecule has 1 amide bonds. The SMILES string of the molecule is CC(C)CN(CC(C)C)C(=O)CSc1nnnn1CCN. The van der Waals surface area contributed by atoms with Gasteiger partial charge in [-0.3, -0.25) is 4.79 Å². The van der Waals surface area contributed by atoms with Crippen LogP contribution in [0.25, 0.3) is 0 Å². The fraction of sp³-hybridized carbons (Fsp3) is 0.846. The first kappa shape index (κ1) is 17.9. The molecule has 0 saturated heterocycles. The van der Waals surface area contributed by atoms with Crippen LogP contribution in [0.2, 0.25) is 0 Å². The molecule has 0 aliphatic heterocycles. The van der Waals surface area contributed by atoms with E-state index in [1.165, 1.54) is 11.8 Å². The van der Waals surface area contributed by atoms with Crippen LogP contribution < -0.4 is 5.73 Å².